The van der Waals surface area contributed by atoms with Crippen LogP contribution in [0.15, 0.2) is 47.4 Å². The van der Waals surface area contributed by atoms with E-state index < -0.39 is 9.84 Å². The molecule has 3 rings (SSSR count). The zero-order valence-corrected chi connectivity index (χ0v) is 17.2. The summed E-state index contributed by atoms with van der Waals surface area (Å²) in [6.07, 6.45) is 6.30. The third-order valence-corrected chi connectivity index (χ3v) is 6.29. The van der Waals surface area contributed by atoms with Gasteiger partial charge in [-0.15, -0.1) is 0 Å². The van der Waals surface area contributed by atoms with Crippen molar-refractivity contribution in [1.82, 2.24) is 5.32 Å². The van der Waals surface area contributed by atoms with Crippen LogP contribution in [0.2, 0.25) is 0 Å². The fourth-order valence-electron chi connectivity index (χ4n) is 3.63. The average Bonchev–Trinajstić information content (AvgIpc) is 2.70. The molecule has 0 fully saturated rings. The van der Waals surface area contributed by atoms with Crippen LogP contribution >= 0.6 is 0 Å². The van der Waals surface area contributed by atoms with Crippen molar-refractivity contribution in [2.24, 2.45) is 0 Å². The van der Waals surface area contributed by atoms with Gasteiger partial charge in [-0.1, -0.05) is 31.2 Å². The summed E-state index contributed by atoms with van der Waals surface area (Å²) in [5.74, 6) is 0.616. The average molecular weight is 402 g/mol. The number of ether oxygens (including phenoxy) is 1. The van der Waals surface area contributed by atoms with E-state index in [1.54, 1.807) is 24.3 Å². The number of rotatable bonds is 7. The summed E-state index contributed by atoms with van der Waals surface area (Å²) in [6.45, 7) is 1.94. The summed E-state index contributed by atoms with van der Waals surface area (Å²) in [6, 6.07) is 12.5. The quantitative estimate of drug-likeness (QED) is 0.769. The minimum Gasteiger partial charge on any atom is -0.483 e. The molecular formula is C22H27NO4S. The number of nitrogens with one attached hydrogen (secondary N) is 1. The van der Waals surface area contributed by atoms with Crippen LogP contribution in [0.25, 0.3) is 0 Å². The van der Waals surface area contributed by atoms with E-state index in [1.807, 2.05) is 19.1 Å². The van der Waals surface area contributed by atoms with Crippen LogP contribution in [0.5, 0.6) is 5.75 Å². The lowest BCUT2D eigenvalue weighted by molar-refractivity contribution is -0.123. The summed E-state index contributed by atoms with van der Waals surface area (Å²) in [7, 11) is -3.23. The molecule has 0 aliphatic heterocycles. The molecule has 1 aliphatic carbocycles. The van der Waals surface area contributed by atoms with Gasteiger partial charge in [-0.25, -0.2) is 8.42 Å². The van der Waals surface area contributed by atoms with Crippen LogP contribution < -0.4 is 10.1 Å². The van der Waals surface area contributed by atoms with E-state index in [-0.39, 0.29) is 23.5 Å². The van der Waals surface area contributed by atoms with Crippen molar-refractivity contribution in [2.75, 3.05) is 12.9 Å². The number of carbonyl (C=O) groups excluding carboxylic acids is 1. The Balaban J connectivity index is 1.62. The molecule has 5 nitrogen and oxygen atoms in total. The van der Waals surface area contributed by atoms with Gasteiger partial charge in [-0.3, -0.25) is 4.79 Å². The Morgan fingerprint density at radius 1 is 1.11 bits per heavy atom. The highest BCUT2D eigenvalue weighted by Crippen LogP contribution is 2.29. The zero-order chi connectivity index (χ0) is 20.1. The van der Waals surface area contributed by atoms with Crippen LogP contribution in [0.3, 0.4) is 0 Å². The van der Waals surface area contributed by atoms with Crippen LogP contribution in [0.1, 0.15) is 48.9 Å². The van der Waals surface area contributed by atoms with Crippen LogP contribution in [0, 0.1) is 0 Å². The Morgan fingerprint density at radius 2 is 1.82 bits per heavy atom. The Morgan fingerprint density at radius 3 is 2.50 bits per heavy atom. The molecule has 1 amide bonds. The maximum absolute atomic E-state index is 12.4. The summed E-state index contributed by atoms with van der Waals surface area (Å²) < 4.78 is 29.0. The molecule has 0 heterocycles. The minimum absolute atomic E-state index is 0.0334. The molecule has 0 unspecified atom stereocenters. The normalized spacial score (nSPS) is 14.8. The highest BCUT2D eigenvalue weighted by Gasteiger charge is 2.17. The fourth-order valence-corrected chi connectivity index (χ4v) is 4.26. The van der Waals surface area contributed by atoms with Crippen molar-refractivity contribution in [3.63, 3.8) is 0 Å². The summed E-state index contributed by atoms with van der Waals surface area (Å²) in [5.41, 5.74) is 3.42. The van der Waals surface area contributed by atoms with Crippen LogP contribution in [-0.2, 0) is 27.5 Å². The first-order valence-corrected chi connectivity index (χ1v) is 11.6. The highest BCUT2D eigenvalue weighted by molar-refractivity contribution is 7.90. The standard InChI is InChI=1S/C22H27NO4S/c1-3-20(17-11-13-18(14-12-17)28(2,25)26)23-22(24)15-27-21-10-6-8-16-7-4-5-9-19(16)21/h6,8,10-14,20H,3-5,7,9,15H2,1-2H3,(H,23,24)/t20-/m0/s1. The fraction of sp³-hybridized carbons (Fsp3) is 0.409. The highest BCUT2D eigenvalue weighted by atomic mass is 32.2. The molecule has 2 aromatic carbocycles. The van der Waals surface area contributed by atoms with Gasteiger partial charge >= 0.3 is 0 Å². The molecule has 0 spiro atoms. The second kappa shape index (κ2) is 8.78. The molecule has 1 atom stereocenters. The third kappa shape index (κ3) is 4.93. The van der Waals surface area contributed by atoms with E-state index >= 15 is 0 Å². The second-order valence-corrected chi connectivity index (χ2v) is 9.27. The lowest BCUT2D eigenvalue weighted by atomic mass is 9.91. The molecule has 0 radical (unpaired) electrons. The topological polar surface area (TPSA) is 72.5 Å². The smallest absolute Gasteiger partial charge is 0.258 e. The summed E-state index contributed by atoms with van der Waals surface area (Å²) >= 11 is 0. The second-order valence-electron chi connectivity index (χ2n) is 7.26. The predicted octanol–water partition coefficient (Wildman–Crippen LogP) is 3.62. The number of aryl methyl sites for hydroxylation is 1. The number of hydrogen-bond donors (Lipinski definition) is 1. The summed E-state index contributed by atoms with van der Waals surface area (Å²) in [5, 5.41) is 2.98. The van der Waals surface area contributed by atoms with Gasteiger partial charge in [0.2, 0.25) is 0 Å². The molecule has 150 valence electrons. The molecule has 2 aromatic rings. The van der Waals surface area contributed by atoms with Gasteiger partial charge in [0.15, 0.2) is 16.4 Å². The Hall–Kier alpha value is -2.34. The molecule has 0 aromatic heterocycles. The Bertz CT molecular complexity index is 936. The molecule has 6 heteroatoms. The van der Waals surface area contributed by atoms with Crippen LogP contribution in [0.4, 0.5) is 0 Å². The molecule has 0 saturated heterocycles. The van der Waals surface area contributed by atoms with Crippen molar-refractivity contribution in [3.8, 4) is 5.75 Å². The first-order chi connectivity index (χ1) is 13.4. The Kier molecular flexibility index (Phi) is 6.39. The van der Waals surface area contributed by atoms with Crippen molar-refractivity contribution >= 4 is 15.7 Å². The lowest BCUT2D eigenvalue weighted by Crippen LogP contribution is -2.32. The minimum atomic E-state index is -3.23. The van der Waals surface area contributed by atoms with Gasteiger partial charge in [0, 0.05) is 6.26 Å². The van der Waals surface area contributed by atoms with Gasteiger partial charge in [0.1, 0.15) is 5.75 Å². The molecular weight excluding hydrogens is 374 g/mol. The van der Waals surface area contributed by atoms with Crippen molar-refractivity contribution in [2.45, 2.75) is 50.0 Å². The Labute approximate surface area is 167 Å². The first kappa shape index (κ1) is 20.4. The first-order valence-electron chi connectivity index (χ1n) is 9.71. The van der Waals surface area contributed by atoms with E-state index in [1.165, 1.54) is 23.8 Å². The number of fused-ring (bicyclic) bond motifs is 1. The van der Waals surface area contributed by atoms with Crippen molar-refractivity contribution in [3.05, 3.63) is 59.2 Å². The van der Waals surface area contributed by atoms with E-state index in [0.717, 1.165) is 30.6 Å². The van der Waals surface area contributed by atoms with Gasteiger partial charge in [-0.05, 0) is 67.0 Å². The van der Waals surface area contributed by atoms with E-state index in [9.17, 15) is 13.2 Å². The monoisotopic (exact) mass is 401 g/mol. The summed E-state index contributed by atoms with van der Waals surface area (Å²) in [4.78, 5) is 12.7. The third-order valence-electron chi connectivity index (χ3n) is 5.17. The maximum Gasteiger partial charge on any atom is 0.258 e. The number of hydrogen-bond acceptors (Lipinski definition) is 4. The number of amides is 1. The van der Waals surface area contributed by atoms with Crippen LogP contribution in [-0.4, -0.2) is 27.2 Å². The van der Waals surface area contributed by atoms with E-state index in [2.05, 4.69) is 11.4 Å². The van der Waals surface area contributed by atoms with Gasteiger partial charge < -0.3 is 10.1 Å². The SMILES string of the molecule is CC[C@H](NC(=O)COc1cccc2c1CCCC2)c1ccc(S(C)(=O)=O)cc1. The van der Waals surface area contributed by atoms with Gasteiger partial charge in [0.25, 0.3) is 5.91 Å². The molecule has 1 N–H and O–H groups in total. The maximum atomic E-state index is 12.4. The number of benzene rings is 2. The van der Waals surface area contributed by atoms with Gasteiger partial charge in [-0.2, -0.15) is 0 Å². The van der Waals surface area contributed by atoms with E-state index in [0.29, 0.717) is 6.42 Å². The lowest BCUT2D eigenvalue weighted by Gasteiger charge is -2.21. The molecule has 1 aliphatic rings. The predicted molar refractivity (Wildman–Crippen MR) is 109 cm³/mol. The number of carbonyl (C=O) groups is 1. The number of sulfone groups is 1. The van der Waals surface area contributed by atoms with Crippen molar-refractivity contribution in [1.29, 1.82) is 0 Å². The van der Waals surface area contributed by atoms with Gasteiger partial charge in [0.05, 0.1) is 10.9 Å². The molecule has 0 bridgehead atoms. The largest absolute Gasteiger partial charge is 0.483 e. The molecule has 28 heavy (non-hydrogen) atoms. The van der Waals surface area contributed by atoms with E-state index in [4.69, 9.17) is 4.74 Å². The molecule has 0 saturated carbocycles. The zero-order valence-electron chi connectivity index (χ0n) is 16.4. The van der Waals surface area contributed by atoms with Crippen molar-refractivity contribution < 1.29 is 17.9 Å².